The summed E-state index contributed by atoms with van der Waals surface area (Å²) >= 11 is 0. The number of carboxylic acids is 2. The number of hydrogen-bond donors (Lipinski definition) is 4. The number of aliphatic hydroxyl groups is 1. The highest BCUT2D eigenvalue weighted by Crippen LogP contribution is 2.33. The molecular weight excluding hydrogens is 496 g/mol. The number of hydrogen-bond acceptors (Lipinski definition) is 5. The lowest BCUT2D eigenvalue weighted by atomic mass is 9.85. The molecule has 0 amide bonds. The van der Waals surface area contributed by atoms with Crippen molar-refractivity contribution in [2.75, 3.05) is 19.7 Å². The van der Waals surface area contributed by atoms with Gasteiger partial charge in [-0.15, -0.1) is 0 Å². The summed E-state index contributed by atoms with van der Waals surface area (Å²) in [5.74, 6) is -1.11. The molecule has 0 radical (unpaired) electrons. The van der Waals surface area contributed by atoms with Gasteiger partial charge in [-0.25, -0.2) is 9.59 Å². The first-order valence-electron chi connectivity index (χ1n) is 13.0. The van der Waals surface area contributed by atoms with Gasteiger partial charge in [-0.3, -0.25) is 4.90 Å². The van der Waals surface area contributed by atoms with Gasteiger partial charge < -0.3 is 25.0 Å². The number of aromatic amines is 1. The van der Waals surface area contributed by atoms with E-state index in [-0.39, 0.29) is 0 Å². The van der Waals surface area contributed by atoms with Crippen LogP contribution in [-0.2, 0) is 9.59 Å². The summed E-state index contributed by atoms with van der Waals surface area (Å²) in [5.41, 5.74) is 2.49. The van der Waals surface area contributed by atoms with Crippen molar-refractivity contribution in [1.29, 1.82) is 0 Å². The smallest absolute Gasteiger partial charge is 0.328 e. The fourth-order valence-corrected chi connectivity index (χ4v) is 5.09. The molecule has 0 aliphatic carbocycles. The first kappa shape index (κ1) is 27.9. The van der Waals surface area contributed by atoms with Crippen LogP contribution in [0.5, 0.6) is 5.75 Å². The van der Waals surface area contributed by atoms with Crippen molar-refractivity contribution in [1.82, 2.24) is 9.88 Å². The summed E-state index contributed by atoms with van der Waals surface area (Å²) in [6, 6.07) is 23.9. The molecule has 1 aromatic heterocycles. The molecule has 1 aliphatic rings. The summed E-state index contributed by atoms with van der Waals surface area (Å²) in [7, 11) is 0. The number of aliphatic carboxylic acids is 2. The number of likely N-dealkylation sites (tertiary alicyclic amines) is 1. The number of carbonyl (C=O) groups is 2. The molecule has 0 spiro atoms. The van der Waals surface area contributed by atoms with Gasteiger partial charge >= 0.3 is 11.9 Å². The van der Waals surface area contributed by atoms with Crippen molar-refractivity contribution in [3.63, 3.8) is 0 Å². The van der Waals surface area contributed by atoms with Gasteiger partial charge in [-0.2, -0.15) is 0 Å². The third-order valence-corrected chi connectivity index (χ3v) is 7.06. The predicted molar refractivity (Wildman–Crippen MR) is 151 cm³/mol. The van der Waals surface area contributed by atoms with Gasteiger partial charge in [0.1, 0.15) is 18.5 Å². The quantitative estimate of drug-likeness (QED) is 0.235. The number of aromatic nitrogens is 1. The number of H-pyrrole nitrogens is 1. The molecule has 8 heteroatoms. The molecule has 204 valence electrons. The average molecular weight is 531 g/mol. The van der Waals surface area contributed by atoms with Gasteiger partial charge in [0, 0.05) is 41.8 Å². The molecule has 0 saturated carbocycles. The molecular formula is C31H34N2O6. The fourth-order valence-electron chi connectivity index (χ4n) is 5.09. The minimum atomic E-state index is -1.26. The van der Waals surface area contributed by atoms with Gasteiger partial charge in [0.25, 0.3) is 0 Å². The normalized spacial score (nSPS) is 18.5. The van der Waals surface area contributed by atoms with Gasteiger partial charge in [-0.05, 0) is 66.8 Å². The lowest BCUT2D eigenvalue weighted by Gasteiger charge is -2.39. The lowest BCUT2D eigenvalue weighted by molar-refractivity contribution is -0.134. The molecule has 2 heterocycles. The van der Waals surface area contributed by atoms with Crippen LogP contribution >= 0.6 is 0 Å². The fraction of sp³-hybridized carbons (Fsp3) is 0.290. The van der Waals surface area contributed by atoms with Crippen molar-refractivity contribution in [2.45, 2.75) is 37.8 Å². The molecule has 3 atom stereocenters. The number of rotatable bonds is 8. The van der Waals surface area contributed by atoms with E-state index in [4.69, 9.17) is 14.9 Å². The van der Waals surface area contributed by atoms with Crippen LogP contribution in [0.3, 0.4) is 0 Å². The average Bonchev–Trinajstić information content (AvgIpc) is 3.42. The van der Waals surface area contributed by atoms with Crippen molar-refractivity contribution in [2.24, 2.45) is 0 Å². The van der Waals surface area contributed by atoms with E-state index < -0.39 is 18.0 Å². The third-order valence-electron chi connectivity index (χ3n) is 7.06. The topological polar surface area (TPSA) is 123 Å². The number of fused-ring (bicyclic) bond motifs is 2. The van der Waals surface area contributed by atoms with Gasteiger partial charge in [0.2, 0.25) is 0 Å². The number of ether oxygens (including phenoxy) is 1. The van der Waals surface area contributed by atoms with Crippen molar-refractivity contribution in [3.8, 4) is 5.75 Å². The van der Waals surface area contributed by atoms with Crippen molar-refractivity contribution < 1.29 is 29.6 Å². The van der Waals surface area contributed by atoms with Gasteiger partial charge in [-0.1, -0.05) is 48.5 Å². The Kier molecular flexibility index (Phi) is 9.35. The van der Waals surface area contributed by atoms with E-state index in [0.717, 1.165) is 36.0 Å². The Morgan fingerprint density at radius 2 is 1.77 bits per heavy atom. The van der Waals surface area contributed by atoms with Crippen LogP contribution in [0.1, 0.15) is 31.2 Å². The molecule has 1 fully saturated rings. The molecule has 1 aliphatic heterocycles. The minimum absolute atomic E-state index is 0.307. The highest BCUT2D eigenvalue weighted by molar-refractivity contribution is 5.89. The van der Waals surface area contributed by atoms with Crippen LogP contribution in [0.25, 0.3) is 21.7 Å². The Labute approximate surface area is 227 Å². The second kappa shape index (κ2) is 13.1. The molecule has 39 heavy (non-hydrogen) atoms. The Morgan fingerprint density at radius 3 is 2.49 bits per heavy atom. The number of piperidine rings is 1. The Hall–Kier alpha value is -4.14. The van der Waals surface area contributed by atoms with Crippen LogP contribution in [0.15, 0.2) is 85.1 Å². The highest BCUT2D eigenvalue weighted by Gasteiger charge is 2.28. The largest absolute Gasteiger partial charge is 0.490 e. The van der Waals surface area contributed by atoms with Crippen LogP contribution in [0.4, 0.5) is 0 Å². The summed E-state index contributed by atoms with van der Waals surface area (Å²) in [6.45, 7) is 4.24. The van der Waals surface area contributed by atoms with E-state index in [0.29, 0.717) is 37.3 Å². The number of nitrogens with zero attached hydrogens (tertiary/aromatic N) is 1. The Bertz CT molecular complexity index is 1430. The summed E-state index contributed by atoms with van der Waals surface area (Å²) in [4.78, 5) is 24.7. The first-order valence-corrected chi connectivity index (χ1v) is 13.0. The maximum atomic E-state index is 10.6. The monoisotopic (exact) mass is 530 g/mol. The first-order chi connectivity index (χ1) is 18.8. The molecule has 8 nitrogen and oxygen atoms in total. The molecule has 0 unspecified atom stereocenters. The summed E-state index contributed by atoms with van der Waals surface area (Å²) < 4.78 is 5.95. The van der Waals surface area contributed by atoms with Crippen molar-refractivity contribution >= 4 is 33.6 Å². The molecule has 3 aromatic carbocycles. The molecule has 1 saturated heterocycles. The number of aliphatic hydroxyl groups excluding tert-OH is 1. The molecule has 4 aromatic rings. The third kappa shape index (κ3) is 7.69. The molecule has 0 bridgehead atoms. The minimum Gasteiger partial charge on any atom is -0.490 e. The van der Waals surface area contributed by atoms with E-state index in [9.17, 15) is 14.7 Å². The number of β-amino-alcohol motifs (C(OH)–C–C–N with tert-alkyl or cyclic N) is 1. The van der Waals surface area contributed by atoms with E-state index in [1.165, 1.54) is 16.3 Å². The van der Waals surface area contributed by atoms with Crippen molar-refractivity contribution in [3.05, 3.63) is 90.6 Å². The highest BCUT2D eigenvalue weighted by atomic mass is 16.5. The van der Waals surface area contributed by atoms with Gasteiger partial charge in [0.15, 0.2) is 0 Å². The van der Waals surface area contributed by atoms with E-state index in [2.05, 4.69) is 59.3 Å². The zero-order valence-corrected chi connectivity index (χ0v) is 21.9. The zero-order valence-electron chi connectivity index (χ0n) is 21.9. The zero-order chi connectivity index (χ0) is 27.8. The van der Waals surface area contributed by atoms with Crippen LogP contribution in [0.2, 0.25) is 0 Å². The standard InChI is InChI=1S/C27H30N2O2.C4H4O4/c1-19-15-23(22-10-9-20-5-2-3-6-21(20)16-22)12-14-29(19)17-24(30)18-31-27-8-4-7-26-25(27)11-13-28-26;5-3(6)1-2-4(7)8/h2-11,13,16,19,23-24,28,30H,12,14-15,17-18H2,1H3;1-2H,(H,5,6)(H,7,8)/b;2-1-/t19-,23+,24+;/m1./s1. The van der Waals surface area contributed by atoms with Crippen LogP contribution in [-0.4, -0.2) is 69.0 Å². The molecule has 5 rings (SSSR count). The molecule has 4 N–H and O–H groups in total. The Balaban J connectivity index is 0.000000386. The SMILES string of the molecule is C[C@@H]1C[C@@H](c2ccc3ccccc3c2)CCN1C[C@H](O)COc1cccc2[nH]ccc12.O=C(O)/C=C\C(=O)O. The summed E-state index contributed by atoms with van der Waals surface area (Å²) in [6.07, 6.45) is 4.77. The van der Waals surface area contributed by atoms with E-state index in [1.807, 2.05) is 30.5 Å². The second-order valence-electron chi connectivity index (χ2n) is 9.84. The number of benzene rings is 3. The van der Waals surface area contributed by atoms with Gasteiger partial charge in [0.05, 0.1) is 0 Å². The Morgan fingerprint density at radius 1 is 1.03 bits per heavy atom. The van der Waals surface area contributed by atoms with Crippen LogP contribution < -0.4 is 4.74 Å². The lowest BCUT2D eigenvalue weighted by Crippen LogP contribution is -2.45. The maximum Gasteiger partial charge on any atom is 0.328 e. The maximum absolute atomic E-state index is 10.6. The summed E-state index contributed by atoms with van der Waals surface area (Å²) in [5, 5.41) is 29.9. The number of carboxylic acid groups (broad SMARTS) is 2. The van der Waals surface area contributed by atoms with E-state index >= 15 is 0 Å². The number of nitrogens with one attached hydrogen (secondary N) is 1. The van der Waals surface area contributed by atoms with Crippen LogP contribution in [0, 0.1) is 0 Å². The second-order valence-corrected chi connectivity index (χ2v) is 9.84. The predicted octanol–water partition coefficient (Wildman–Crippen LogP) is 5.04. The van der Waals surface area contributed by atoms with E-state index in [1.54, 1.807) is 0 Å².